The van der Waals surface area contributed by atoms with Crippen LogP contribution in [-0.4, -0.2) is 30.6 Å². The number of esters is 1. The third-order valence-electron chi connectivity index (χ3n) is 2.02. The zero-order valence-electron chi connectivity index (χ0n) is 8.27. The van der Waals surface area contributed by atoms with Crippen molar-refractivity contribution in [3.05, 3.63) is 12.2 Å². The Morgan fingerprint density at radius 2 is 2.43 bits per heavy atom. The van der Waals surface area contributed by atoms with Gasteiger partial charge in [0.25, 0.3) is 0 Å². The molecule has 0 radical (unpaired) electrons. The number of carbonyl (C=O) groups is 2. The molecule has 2 atom stereocenters. The fraction of sp³-hybridized carbons (Fsp3) is 0.500. The summed E-state index contributed by atoms with van der Waals surface area (Å²) >= 11 is 0. The normalized spacial score (nSPS) is 22.1. The van der Waals surface area contributed by atoms with Crippen molar-refractivity contribution in [3.63, 3.8) is 0 Å². The summed E-state index contributed by atoms with van der Waals surface area (Å²) in [6.07, 6.45) is 4.52. The third kappa shape index (κ3) is 2.28. The maximum Gasteiger partial charge on any atom is 0.311 e. The van der Waals surface area contributed by atoms with Gasteiger partial charge >= 0.3 is 5.97 Å². The molecule has 0 aromatic heterocycles. The van der Waals surface area contributed by atoms with Crippen molar-refractivity contribution in [1.29, 1.82) is 0 Å². The highest BCUT2D eigenvalue weighted by molar-refractivity contribution is 6.03. The maximum atomic E-state index is 11.3. The van der Waals surface area contributed by atoms with Gasteiger partial charge in [-0.2, -0.15) is 0 Å². The van der Waals surface area contributed by atoms with Gasteiger partial charge < -0.3 is 4.74 Å². The summed E-state index contributed by atoms with van der Waals surface area (Å²) in [5.74, 6) is -1.03. The second-order valence-electron chi connectivity index (χ2n) is 3.05. The Kier molecular flexibility index (Phi) is 3.56. The summed E-state index contributed by atoms with van der Waals surface area (Å²) < 4.78 is 4.82. The number of hydrogen-bond donors (Lipinski definition) is 0. The summed E-state index contributed by atoms with van der Waals surface area (Å²) in [5, 5.41) is 0. The van der Waals surface area contributed by atoms with Gasteiger partial charge in [0.2, 0.25) is 0 Å². The molecule has 0 amide bonds. The Morgan fingerprint density at radius 3 is 3.00 bits per heavy atom. The Bertz CT molecular complexity index is 294. The number of hydrogen-bond acceptors (Lipinski definition) is 4. The molecule has 1 heterocycles. The van der Waals surface area contributed by atoms with E-state index in [9.17, 15) is 9.59 Å². The van der Waals surface area contributed by atoms with Crippen LogP contribution in [0.4, 0.5) is 0 Å². The van der Waals surface area contributed by atoms with Crippen LogP contribution in [0.1, 0.15) is 13.8 Å². The zero-order chi connectivity index (χ0) is 10.6. The highest BCUT2D eigenvalue weighted by Gasteiger charge is 2.29. The van der Waals surface area contributed by atoms with E-state index in [0.717, 1.165) is 0 Å². The SMILES string of the molecule is CCOC(=O)C(C)C1N=CC=CC1=O. The molecule has 0 fully saturated rings. The molecule has 2 unspecified atom stereocenters. The second-order valence-corrected chi connectivity index (χ2v) is 3.05. The van der Waals surface area contributed by atoms with Gasteiger partial charge in [0.05, 0.1) is 12.5 Å². The van der Waals surface area contributed by atoms with Crippen LogP contribution in [0, 0.1) is 5.92 Å². The molecule has 76 valence electrons. The van der Waals surface area contributed by atoms with Gasteiger partial charge in [-0.3, -0.25) is 14.6 Å². The average Bonchev–Trinajstić information content (AvgIpc) is 2.18. The molecule has 0 bridgehead atoms. The molecule has 0 N–H and O–H groups in total. The van der Waals surface area contributed by atoms with Crippen LogP contribution in [0.2, 0.25) is 0 Å². The van der Waals surface area contributed by atoms with Crippen LogP contribution in [-0.2, 0) is 14.3 Å². The Balaban J connectivity index is 2.64. The molecule has 0 saturated heterocycles. The predicted molar refractivity (Wildman–Crippen MR) is 52.2 cm³/mol. The average molecular weight is 195 g/mol. The van der Waals surface area contributed by atoms with Crippen LogP contribution >= 0.6 is 0 Å². The van der Waals surface area contributed by atoms with E-state index in [1.165, 1.54) is 12.3 Å². The quantitative estimate of drug-likeness (QED) is 0.625. The molecular weight excluding hydrogens is 182 g/mol. The van der Waals surface area contributed by atoms with Crippen molar-refractivity contribution >= 4 is 18.0 Å². The largest absolute Gasteiger partial charge is 0.466 e. The van der Waals surface area contributed by atoms with Crippen LogP contribution in [0.15, 0.2) is 17.1 Å². The lowest BCUT2D eigenvalue weighted by Gasteiger charge is -2.17. The third-order valence-corrected chi connectivity index (χ3v) is 2.02. The zero-order valence-corrected chi connectivity index (χ0v) is 8.27. The lowest BCUT2D eigenvalue weighted by Crippen LogP contribution is -2.33. The molecule has 0 aromatic carbocycles. The van der Waals surface area contributed by atoms with E-state index in [2.05, 4.69) is 4.99 Å². The lowest BCUT2D eigenvalue weighted by molar-refractivity contribution is -0.149. The molecule has 1 rings (SSSR count). The summed E-state index contributed by atoms with van der Waals surface area (Å²) in [5.41, 5.74) is 0. The van der Waals surface area contributed by atoms with E-state index in [-0.39, 0.29) is 11.8 Å². The Hall–Kier alpha value is -1.45. The van der Waals surface area contributed by atoms with Crippen molar-refractivity contribution < 1.29 is 14.3 Å². The highest BCUT2D eigenvalue weighted by atomic mass is 16.5. The first-order valence-electron chi connectivity index (χ1n) is 4.57. The summed E-state index contributed by atoms with van der Waals surface area (Å²) in [7, 11) is 0. The monoisotopic (exact) mass is 195 g/mol. The number of aliphatic imine (C=N–C) groups is 1. The van der Waals surface area contributed by atoms with Gasteiger partial charge in [0, 0.05) is 6.21 Å². The van der Waals surface area contributed by atoms with Gasteiger partial charge in [-0.25, -0.2) is 0 Å². The maximum absolute atomic E-state index is 11.3. The summed E-state index contributed by atoms with van der Waals surface area (Å²) in [4.78, 5) is 26.6. The smallest absolute Gasteiger partial charge is 0.311 e. The summed E-state index contributed by atoms with van der Waals surface area (Å²) in [6, 6.07) is -0.612. The van der Waals surface area contributed by atoms with Gasteiger partial charge in [-0.1, -0.05) is 0 Å². The van der Waals surface area contributed by atoms with Gasteiger partial charge in [-0.15, -0.1) is 0 Å². The number of ether oxygens (including phenoxy) is 1. The minimum Gasteiger partial charge on any atom is -0.466 e. The minimum absolute atomic E-state index is 0.145. The number of carbonyl (C=O) groups excluding carboxylic acids is 2. The number of rotatable bonds is 3. The second kappa shape index (κ2) is 4.69. The lowest BCUT2D eigenvalue weighted by atomic mass is 9.97. The number of allylic oxidation sites excluding steroid dienone is 1. The van der Waals surface area contributed by atoms with E-state index in [0.29, 0.717) is 6.61 Å². The first-order chi connectivity index (χ1) is 6.66. The van der Waals surface area contributed by atoms with Crippen molar-refractivity contribution in [2.45, 2.75) is 19.9 Å². The molecule has 4 nitrogen and oxygen atoms in total. The molecule has 1 aliphatic rings. The van der Waals surface area contributed by atoms with Crippen LogP contribution in [0.3, 0.4) is 0 Å². The first kappa shape index (κ1) is 10.6. The van der Waals surface area contributed by atoms with E-state index < -0.39 is 12.0 Å². The molecule has 0 saturated carbocycles. The number of dihydropyridines is 1. The number of nitrogens with zero attached hydrogens (tertiary/aromatic N) is 1. The van der Waals surface area contributed by atoms with E-state index in [4.69, 9.17) is 4.74 Å². The molecule has 1 aliphatic heterocycles. The minimum atomic E-state index is -0.612. The van der Waals surface area contributed by atoms with E-state index >= 15 is 0 Å². The summed E-state index contributed by atoms with van der Waals surface area (Å²) in [6.45, 7) is 3.71. The highest BCUT2D eigenvalue weighted by Crippen LogP contribution is 2.13. The molecule has 0 spiro atoms. The van der Waals surface area contributed by atoms with Crippen molar-refractivity contribution in [3.8, 4) is 0 Å². The van der Waals surface area contributed by atoms with Crippen molar-refractivity contribution in [1.82, 2.24) is 0 Å². The Labute approximate surface area is 82.7 Å². The van der Waals surface area contributed by atoms with Gasteiger partial charge in [0.1, 0.15) is 6.04 Å². The molecule has 14 heavy (non-hydrogen) atoms. The Morgan fingerprint density at radius 1 is 1.71 bits per heavy atom. The molecular formula is C10H13NO3. The predicted octanol–water partition coefficient (Wildman–Crippen LogP) is 0.764. The molecule has 4 heteroatoms. The van der Waals surface area contributed by atoms with E-state index in [1.54, 1.807) is 19.9 Å². The first-order valence-corrected chi connectivity index (χ1v) is 4.57. The standard InChI is InChI=1S/C10H13NO3/c1-3-14-10(13)7(2)9-8(12)5-4-6-11-9/h4-7,9H,3H2,1-2H3. The number of ketones is 1. The molecule has 0 aliphatic carbocycles. The van der Waals surface area contributed by atoms with Crippen LogP contribution < -0.4 is 0 Å². The van der Waals surface area contributed by atoms with Crippen molar-refractivity contribution in [2.75, 3.05) is 6.61 Å². The van der Waals surface area contributed by atoms with Crippen LogP contribution in [0.25, 0.3) is 0 Å². The van der Waals surface area contributed by atoms with Crippen molar-refractivity contribution in [2.24, 2.45) is 10.9 Å². The molecule has 0 aromatic rings. The van der Waals surface area contributed by atoms with Crippen LogP contribution in [0.5, 0.6) is 0 Å². The fourth-order valence-corrected chi connectivity index (χ4v) is 1.23. The van der Waals surface area contributed by atoms with Gasteiger partial charge in [-0.05, 0) is 26.0 Å². The topological polar surface area (TPSA) is 55.7 Å². The fourth-order valence-electron chi connectivity index (χ4n) is 1.23. The van der Waals surface area contributed by atoms with E-state index in [1.807, 2.05) is 0 Å². The van der Waals surface area contributed by atoms with Gasteiger partial charge in [0.15, 0.2) is 5.78 Å².